The van der Waals surface area contributed by atoms with E-state index in [0.29, 0.717) is 12.1 Å². The number of rotatable bonds is 11. The van der Waals surface area contributed by atoms with Crippen molar-refractivity contribution in [3.8, 4) is 11.3 Å². The van der Waals surface area contributed by atoms with Crippen LogP contribution in [0.15, 0.2) is 59.4 Å². The number of carbonyl (C=O) groups is 1. The molecule has 4 N–H and O–H groups in total. The van der Waals surface area contributed by atoms with Gasteiger partial charge >= 0.3 is 5.97 Å². The Balaban J connectivity index is 1.50. The van der Waals surface area contributed by atoms with Gasteiger partial charge in [0.15, 0.2) is 0 Å². The minimum atomic E-state index is -0.780. The average Bonchev–Trinajstić information content (AvgIpc) is 3.21. The number of carboxylic acids is 1. The number of H-pyrrole nitrogens is 2. The molecule has 7 nitrogen and oxygen atoms in total. The minimum absolute atomic E-state index is 0.106. The van der Waals surface area contributed by atoms with Crippen LogP contribution in [0.2, 0.25) is 0 Å². The molecule has 0 bridgehead atoms. The van der Waals surface area contributed by atoms with Crippen molar-refractivity contribution < 1.29 is 9.90 Å². The summed E-state index contributed by atoms with van der Waals surface area (Å²) in [5.74, 6) is -0.780. The van der Waals surface area contributed by atoms with Gasteiger partial charge in [0.05, 0.1) is 17.7 Å². The lowest BCUT2D eigenvalue weighted by Gasteiger charge is -2.22. The van der Waals surface area contributed by atoms with E-state index in [1.54, 1.807) is 0 Å². The first-order valence-corrected chi connectivity index (χ1v) is 11.4. The fourth-order valence-electron chi connectivity index (χ4n) is 4.17. The quantitative estimate of drug-likeness (QED) is 0.261. The Morgan fingerprint density at radius 1 is 0.970 bits per heavy atom. The highest BCUT2D eigenvalue weighted by atomic mass is 16.4. The Hall–Kier alpha value is -3.42. The van der Waals surface area contributed by atoms with E-state index in [2.05, 4.69) is 45.3 Å². The molecule has 0 aliphatic heterocycles. The predicted octanol–water partition coefficient (Wildman–Crippen LogP) is 3.95. The van der Waals surface area contributed by atoms with Crippen LogP contribution in [0.25, 0.3) is 33.1 Å². The van der Waals surface area contributed by atoms with Crippen molar-refractivity contribution in [2.45, 2.75) is 26.3 Å². The standard InChI is InChI=1S/C26H30N4O3/c1-2-12-30(13-11-27-10-9-25(31)32)17-18-7-8-23-20(14-18)16-24(28-23)21-15-19-5-3-4-6-22(19)29-26(21)33/h3-8,14-16,27-28H,2,9-13,17H2,1H3,(H,29,33)(H,31,32). The number of carboxylic acid groups (broad SMARTS) is 1. The smallest absolute Gasteiger partial charge is 0.304 e. The number of nitrogens with one attached hydrogen (secondary N) is 3. The molecule has 7 heteroatoms. The van der Waals surface area contributed by atoms with Gasteiger partial charge in [-0.3, -0.25) is 14.5 Å². The Morgan fingerprint density at radius 3 is 2.61 bits per heavy atom. The van der Waals surface area contributed by atoms with E-state index in [1.165, 1.54) is 5.56 Å². The Bertz CT molecular complexity index is 1310. The maximum atomic E-state index is 12.7. The van der Waals surface area contributed by atoms with E-state index < -0.39 is 5.97 Å². The van der Waals surface area contributed by atoms with Gasteiger partial charge in [-0.2, -0.15) is 0 Å². The fourth-order valence-corrected chi connectivity index (χ4v) is 4.17. The first kappa shape index (κ1) is 22.8. The highest BCUT2D eigenvalue weighted by Gasteiger charge is 2.11. The highest BCUT2D eigenvalue weighted by molar-refractivity contribution is 5.89. The van der Waals surface area contributed by atoms with Gasteiger partial charge in [-0.15, -0.1) is 0 Å². The zero-order valence-electron chi connectivity index (χ0n) is 18.9. The lowest BCUT2D eigenvalue weighted by molar-refractivity contribution is -0.136. The van der Waals surface area contributed by atoms with Crippen molar-refractivity contribution in [3.63, 3.8) is 0 Å². The zero-order valence-corrected chi connectivity index (χ0v) is 18.9. The van der Waals surface area contributed by atoms with Crippen LogP contribution < -0.4 is 10.9 Å². The largest absolute Gasteiger partial charge is 0.481 e. The average molecular weight is 447 g/mol. The molecule has 2 heterocycles. The topological polar surface area (TPSA) is 101 Å². The van der Waals surface area contributed by atoms with Gasteiger partial charge in [0.2, 0.25) is 0 Å². The summed E-state index contributed by atoms with van der Waals surface area (Å²) in [4.78, 5) is 32.0. The number of aromatic amines is 2. The molecule has 2 aromatic heterocycles. The minimum Gasteiger partial charge on any atom is -0.481 e. The van der Waals surface area contributed by atoms with Crippen LogP contribution in [-0.2, 0) is 11.3 Å². The Morgan fingerprint density at radius 2 is 1.79 bits per heavy atom. The van der Waals surface area contributed by atoms with Crippen LogP contribution in [0.5, 0.6) is 0 Å². The molecule has 0 aliphatic rings. The molecule has 0 saturated heterocycles. The molecule has 0 spiro atoms. The second kappa shape index (κ2) is 10.5. The summed E-state index contributed by atoms with van der Waals surface area (Å²) in [6.07, 6.45) is 1.19. The van der Waals surface area contributed by atoms with Gasteiger partial charge in [-0.1, -0.05) is 31.2 Å². The van der Waals surface area contributed by atoms with Crippen LogP contribution >= 0.6 is 0 Å². The molecule has 172 valence electrons. The van der Waals surface area contributed by atoms with Crippen molar-refractivity contribution in [1.82, 2.24) is 20.2 Å². The van der Waals surface area contributed by atoms with E-state index in [0.717, 1.165) is 60.1 Å². The third-order valence-electron chi connectivity index (χ3n) is 5.80. The van der Waals surface area contributed by atoms with Crippen molar-refractivity contribution >= 4 is 27.8 Å². The number of aliphatic carboxylic acids is 1. The number of aromatic nitrogens is 2. The molecule has 0 unspecified atom stereocenters. The maximum Gasteiger partial charge on any atom is 0.304 e. The molecular formula is C26H30N4O3. The third-order valence-corrected chi connectivity index (χ3v) is 5.80. The van der Waals surface area contributed by atoms with Crippen molar-refractivity contribution in [3.05, 3.63) is 70.5 Å². The highest BCUT2D eigenvalue weighted by Crippen LogP contribution is 2.25. The molecule has 2 aromatic carbocycles. The molecule has 33 heavy (non-hydrogen) atoms. The number of para-hydroxylation sites is 1. The molecular weight excluding hydrogens is 416 g/mol. The van der Waals surface area contributed by atoms with Crippen LogP contribution in [0.1, 0.15) is 25.3 Å². The SMILES string of the molecule is CCCN(CCNCCC(=O)O)Cc1ccc2[nH]c(-c3cc4ccccc4[nH]c3=O)cc2c1. The van der Waals surface area contributed by atoms with Crippen LogP contribution in [0, 0.1) is 0 Å². The lowest BCUT2D eigenvalue weighted by Crippen LogP contribution is -2.33. The van der Waals surface area contributed by atoms with Crippen LogP contribution in [0.4, 0.5) is 0 Å². The molecule has 0 fully saturated rings. The van der Waals surface area contributed by atoms with E-state index in [9.17, 15) is 9.59 Å². The number of hydrogen-bond acceptors (Lipinski definition) is 4. The predicted molar refractivity (Wildman–Crippen MR) is 133 cm³/mol. The van der Waals surface area contributed by atoms with Crippen molar-refractivity contribution in [2.24, 2.45) is 0 Å². The van der Waals surface area contributed by atoms with Crippen LogP contribution in [0.3, 0.4) is 0 Å². The third kappa shape index (κ3) is 5.69. The first-order valence-electron chi connectivity index (χ1n) is 11.4. The number of pyridine rings is 1. The zero-order chi connectivity index (χ0) is 23.2. The monoisotopic (exact) mass is 446 g/mol. The summed E-state index contributed by atoms with van der Waals surface area (Å²) in [6.45, 7) is 6.06. The number of benzene rings is 2. The van der Waals surface area contributed by atoms with Gasteiger partial charge in [0.1, 0.15) is 0 Å². The fraction of sp³-hybridized carbons (Fsp3) is 0.308. The summed E-state index contributed by atoms with van der Waals surface area (Å²) in [7, 11) is 0. The number of nitrogens with zero attached hydrogens (tertiary/aromatic N) is 1. The number of fused-ring (bicyclic) bond motifs is 2. The maximum absolute atomic E-state index is 12.7. The lowest BCUT2D eigenvalue weighted by atomic mass is 10.1. The second-order valence-corrected chi connectivity index (χ2v) is 8.37. The molecule has 0 aliphatic carbocycles. The summed E-state index contributed by atoms with van der Waals surface area (Å²) in [5.41, 5.74) is 4.37. The molecule has 0 amide bonds. The Kier molecular flexibility index (Phi) is 7.22. The van der Waals surface area contributed by atoms with E-state index in [1.807, 2.05) is 36.4 Å². The first-order chi connectivity index (χ1) is 16.0. The normalized spacial score (nSPS) is 11.6. The summed E-state index contributed by atoms with van der Waals surface area (Å²) < 4.78 is 0. The van der Waals surface area contributed by atoms with Crippen molar-refractivity contribution in [2.75, 3.05) is 26.2 Å². The van der Waals surface area contributed by atoms with E-state index in [-0.39, 0.29) is 12.0 Å². The van der Waals surface area contributed by atoms with Gasteiger partial charge < -0.3 is 20.4 Å². The summed E-state index contributed by atoms with van der Waals surface area (Å²) in [5, 5.41) is 14.0. The van der Waals surface area contributed by atoms with Gasteiger partial charge in [0.25, 0.3) is 5.56 Å². The van der Waals surface area contributed by atoms with Gasteiger partial charge in [-0.05, 0) is 54.2 Å². The van der Waals surface area contributed by atoms with Crippen LogP contribution in [-0.4, -0.2) is 52.1 Å². The summed E-state index contributed by atoms with van der Waals surface area (Å²) >= 11 is 0. The molecule has 0 atom stereocenters. The van der Waals surface area contributed by atoms with Gasteiger partial charge in [-0.25, -0.2) is 0 Å². The Labute approximate surface area is 192 Å². The van der Waals surface area contributed by atoms with Gasteiger partial charge in [0, 0.05) is 42.6 Å². The van der Waals surface area contributed by atoms with E-state index >= 15 is 0 Å². The van der Waals surface area contributed by atoms with E-state index in [4.69, 9.17) is 5.11 Å². The molecule has 4 rings (SSSR count). The molecule has 4 aromatic rings. The molecule has 0 radical (unpaired) electrons. The second-order valence-electron chi connectivity index (χ2n) is 8.37. The van der Waals surface area contributed by atoms with Crippen molar-refractivity contribution in [1.29, 1.82) is 0 Å². The summed E-state index contributed by atoms with van der Waals surface area (Å²) in [6, 6.07) is 18.1. The number of hydrogen-bond donors (Lipinski definition) is 4. The molecule has 0 saturated carbocycles.